The molecule has 2 aromatic rings. The molecule has 0 bridgehead atoms. The lowest BCUT2D eigenvalue weighted by atomic mass is 10.0. The molecule has 0 atom stereocenters. The second kappa shape index (κ2) is 5.27. The molecule has 92 valence electrons. The molecular formula is C13H12N2O3. The zero-order valence-electron chi connectivity index (χ0n) is 10.1. The smallest absolute Gasteiger partial charge is 0.338 e. The first-order chi connectivity index (χ1) is 8.76. The van der Waals surface area contributed by atoms with Crippen LogP contribution < -0.4 is 4.74 Å². The normalized spacial score (nSPS) is 9.89. The average Bonchev–Trinajstić information content (AvgIpc) is 2.46. The third kappa shape index (κ3) is 2.29. The van der Waals surface area contributed by atoms with Crippen LogP contribution in [-0.4, -0.2) is 30.2 Å². The van der Waals surface area contributed by atoms with Gasteiger partial charge in [-0.25, -0.2) is 14.8 Å². The summed E-state index contributed by atoms with van der Waals surface area (Å²) in [7, 11) is 2.85. The predicted octanol–water partition coefficient (Wildman–Crippen LogP) is 1.94. The van der Waals surface area contributed by atoms with E-state index in [1.54, 1.807) is 24.5 Å². The second-order valence-electron chi connectivity index (χ2n) is 3.50. The number of aromatic nitrogens is 2. The first-order valence-corrected chi connectivity index (χ1v) is 5.30. The van der Waals surface area contributed by atoms with Gasteiger partial charge < -0.3 is 9.47 Å². The molecule has 0 radical (unpaired) electrons. The van der Waals surface area contributed by atoms with E-state index < -0.39 is 0 Å². The van der Waals surface area contributed by atoms with Crippen molar-refractivity contribution in [1.29, 1.82) is 0 Å². The summed E-state index contributed by atoms with van der Waals surface area (Å²) in [5, 5.41) is 0. The predicted molar refractivity (Wildman–Crippen MR) is 65.4 cm³/mol. The minimum atomic E-state index is -0.388. The van der Waals surface area contributed by atoms with Gasteiger partial charge in [0.25, 0.3) is 0 Å². The molecular weight excluding hydrogens is 232 g/mol. The van der Waals surface area contributed by atoms with Crippen LogP contribution in [0.15, 0.2) is 36.7 Å². The minimum absolute atomic E-state index is 0.286. The van der Waals surface area contributed by atoms with Crippen molar-refractivity contribution in [1.82, 2.24) is 9.97 Å². The van der Waals surface area contributed by atoms with Crippen LogP contribution in [0.1, 0.15) is 10.4 Å². The Morgan fingerprint density at radius 3 is 2.39 bits per heavy atom. The first-order valence-electron chi connectivity index (χ1n) is 5.30. The molecule has 1 heterocycles. The van der Waals surface area contributed by atoms with Crippen molar-refractivity contribution in [3.05, 3.63) is 42.2 Å². The summed E-state index contributed by atoms with van der Waals surface area (Å²) in [4.78, 5) is 19.7. The van der Waals surface area contributed by atoms with Gasteiger partial charge in [-0.05, 0) is 11.6 Å². The van der Waals surface area contributed by atoms with E-state index >= 15 is 0 Å². The molecule has 0 amide bonds. The number of carbonyl (C=O) groups is 1. The molecule has 0 unspecified atom stereocenters. The summed E-state index contributed by atoms with van der Waals surface area (Å²) in [6.07, 6.45) is 3.21. The fraction of sp³-hybridized carbons (Fsp3) is 0.154. The largest absolute Gasteiger partial charge is 0.467 e. The van der Waals surface area contributed by atoms with Gasteiger partial charge in [0.2, 0.25) is 0 Å². The second-order valence-corrected chi connectivity index (χ2v) is 3.50. The quantitative estimate of drug-likeness (QED) is 0.772. The van der Waals surface area contributed by atoms with E-state index in [0.717, 1.165) is 11.1 Å². The molecule has 2 rings (SSSR count). The number of rotatable bonds is 3. The molecule has 5 nitrogen and oxygen atoms in total. The van der Waals surface area contributed by atoms with Crippen LogP contribution in [0.2, 0.25) is 0 Å². The van der Waals surface area contributed by atoms with Crippen molar-refractivity contribution < 1.29 is 14.3 Å². The molecule has 18 heavy (non-hydrogen) atoms. The van der Waals surface area contributed by atoms with Gasteiger partial charge in [0, 0.05) is 18.0 Å². The third-order valence-electron chi connectivity index (χ3n) is 2.45. The number of hydrogen-bond acceptors (Lipinski definition) is 5. The summed E-state index contributed by atoms with van der Waals surface area (Å²) in [6.45, 7) is 0. The van der Waals surface area contributed by atoms with Crippen molar-refractivity contribution in [3.63, 3.8) is 0 Å². The monoisotopic (exact) mass is 244 g/mol. The molecule has 0 N–H and O–H groups in total. The van der Waals surface area contributed by atoms with Crippen molar-refractivity contribution in [2.45, 2.75) is 0 Å². The van der Waals surface area contributed by atoms with Crippen molar-refractivity contribution in [2.24, 2.45) is 0 Å². The summed E-state index contributed by atoms with van der Waals surface area (Å²) >= 11 is 0. The fourth-order valence-electron chi connectivity index (χ4n) is 1.58. The average molecular weight is 244 g/mol. The van der Waals surface area contributed by atoms with Crippen LogP contribution in [0.4, 0.5) is 0 Å². The van der Waals surface area contributed by atoms with Gasteiger partial charge >= 0.3 is 12.0 Å². The lowest BCUT2D eigenvalue weighted by molar-refractivity contribution is 0.0601. The number of methoxy groups -OCH3 is 2. The van der Waals surface area contributed by atoms with Crippen molar-refractivity contribution in [2.75, 3.05) is 14.2 Å². The zero-order valence-corrected chi connectivity index (χ0v) is 10.1. The van der Waals surface area contributed by atoms with E-state index in [2.05, 4.69) is 9.97 Å². The van der Waals surface area contributed by atoms with E-state index in [1.807, 2.05) is 12.1 Å². The first kappa shape index (κ1) is 12.0. The van der Waals surface area contributed by atoms with Gasteiger partial charge in [-0.15, -0.1) is 0 Å². The summed E-state index contributed by atoms with van der Waals surface area (Å²) in [5.74, 6) is -0.388. The molecule has 0 spiro atoms. The van der Waals surface area contributed by atoms with Gasteiger partial charge in [0.05, 0.1) is 19.8 Å². The minimum Gasteiger partial charge on any atom is -0.467 e. The Morgan fingerprint density at radius 2 is 1.78 bits per heavy atom. The Bertz CT molecular complexity index is 552. The van der Waals surface area contributed by atoms with Gasteiger partial charge in [-0.1, -0.05) is 18.2 Å². The molecule has 0 aliphatic carbocycles. The highest BCUT2D eigenvalue weighted by molar-refractivity contribution is 5.97. The van der Waals surface area contributed by atoms with Gasteiger partial charge in [0.15, 0.2) is 0 Å². The van der Waals surface area contributed by atoms with Crippen LogP contribution in [0.5, 0.6) is 6.01 Å². The van der Waals surface area contributed by atoms with Crippen LogP contribution in [-0.2, 0) is 4.74 Å². The lowest BCUT2D eigenvalue weighted by Crippen LogP contribution is -2.03. The molecule has 5 heteroatoms. The van der Waals surface area contributed by atoms with E-state index in [0.29, 0.717) is 5.56 Å². The molecule has 0 saturated heterocycles. The Labute approximate surface area is 104 Å². The SMILES string of the molecule is COC(=O)c1ccccc1-c1cnc(OC)nc1. The number of hydrogen-bond donors (Lipinski definition) is 0. The Balaban J connectivity index is 2.46. The standard InChI is InChI=1S/C13H12N2O3/c1-17-12(16)11-6-4-3-5-10(11)9-7-14-13(18-2)15-8-9/h3-8H,1-2H3. The number of carbonyl (C=O) groups excluding carboxylic acids is 1. The van der Waals surface area contributed by atoms with Crippen molar-refractivity contribution in [3.8, 4) is 17.1 Å². The van der Waals surface area contributed by atoms with Crippen LogP contribution >= 0.6 is 0 Å². The highest BCUT2D eigenvalue weighted by Crippen LogP contribution is 2.23. The summed E-state index contributed by atoms with van der Waals surface area (Å²) in [6, 6.07) is 7.42. The van der Waals surface area contributed by atoms with Crippen LogP contribution in [0.3, 0.4) is 0 Å². The van der Waals surface area contributed by atoms with E-state index in [1.165, 1.54) is 14.2 Å². The Hall–Kier alpha value is -2.43. The van der Waals surface area contributed by atoms with Crippen LogP contribution in [0, 0.1) is 0 Å². The van der Waals surface area contributed by atoms with Crippen LogP contribution in [0.25, 0.3) is 11.1 Å². The molecule has 1 aromatic carbocycles. The fourth-order valence-corrected chi connectivity index (χ4v) is 1.58. The number of benzene rings is 1. The Morgan fingerprint density at radius 1 is 1.11 bits per heavy atom. The lowest BCUT2D eigenvalue weighted by Gasteiger charge is -2.07. The zero-order chi connectivity index (χ0) is 13.0. The van der Waals surface area contributed by atoms with Gasteiger partial charge in [0.1, 0.15) is 0 Å². The third-order valence-corrected chi connectivity index (χ3v) is 2.45. The molecule has 0 aliphatic rings. The highest BCUT2D eigenvalue weighted by Gasteiger charge is 2.12. The van der Waals surface area contributed by atoms with Gasteiger partial charge in [-0.3, -0.25) is 0 Å². The number of esters is 1. The molecule has 0 aliphatic heterocycles. The van der Waals surface area contributed by atoms with E-state index in [4.69, 9.17) is 9.47 Å². The molecule has 0 fully saturated rings. The molecule has 0 saturated carbocycles. The van der Waals surface area contributed by atoms with E-state index in [9.17, 15) is 4.79 Å². The van der Waals surface area contributed by atoms with E-state index in [-0.39, 0.29) is 12.0 Å². The summed E-state index contributed by atoms with van der Waals surface area (Å²) < 4.78 is 9.63. The molecule has 1 aromatic heterocycles. The number of nitrogens with zero attached hydrogens (tertiary/aromatic N) is 2. The maximum Gasteiger partial charge on any atom is 0.338 e. The van der Waals surface area contributed by atoms with Gasteiger partial charge in [-0.2, -0.15) is 0 Å². The Kier molecular flexibility index (Phi) is 3.52. The number of ether oxygens (including phenoxy) is 2. The highest BCUT2D eigenvalue weighted by atomic mass is 16.5. The maximum atomic E-state index is 11.6. The maximum absolute atomic E-state index is 11.6. The topological polar surface area (TPSA) is 61.3 Å². The summed E-state index contributed by atoms with van der Waals surface area (Å²) in [5.41, 5.74) is 1.94. The van der Waals surface area contributed by atoms with Crippen molar-refractivity contribution >= 4 is 5.97 Å².